The summed E-state index contributed by atoms with van der Waals surface area (Å²) in [5, 5.41) is 3.08. The summed E-state index contributed by atoms with van der Waals surface area (Å²) in [7, 11) is -2.35. The van der Waals surface area contributed by atoms with Crippen LogP contribution in [0.25, 0.3) is 0 Å². The van der Waals surface area contributed by atoms with Gasteiger partial charge >= 0.3 is 0 Å². The lowest BCUT2D eigenvalue weighted by molar-refractivity contribution is 0.0891. The second kappa shape index (κ2) is 8.39. The van der Waals surface area contributed by atoms with Crippen molar-refractivity contribution in [1.29, 1.82) is 0 Å². The Morgan fingerprint density at radius 1 is 1.23 bits per heavy atom. The average molecular weight is 383 g/mol. The maximum atomic E-state index is 12.7. The van der Waals surface area contributed by atoms with E-state index >= 15 is 0 Å². The molecule has 2 rings (SSSR count). The van der Waals surface area contributed by atoms with Gasteiger partial charge in [0.15, 0.2) is 0 Å². The third-order valence-corrected chi connectivity index (χ3v) is 6.81. The molecule has 26 heavy (non-hydrogen) atoms. The van der Waals surface area contributed by atoms with Crippen molar-refractivity contribution in [3.8, 4) is 5.75 Å². The van der Waals surface area contributed by atoms with Crippen molar-refractivity contribution in [1.82, 2.24) is 10.0 Å². The number of rotatable bonds is 6. The van der Waals surface area contributed by atoms with Crippen LogP contribution in [0, 0.1) is 11.8 Å². The van der Waals surface area contributed by atoms with Crippen molar-refractivity contribution in [3.05, 3.63) is 23.8 Å². The zero-order chi connectivity index (χ0) is 19.5. The van der Waals surface area contributed by atoms with Crippen LogP contribution in [0.1, 0.15) is 57.3 Å². The highest BCUT2D eigenvalue weighted by Gasteiger charge is 2.29. The van der Waals surface area contributed by atoms with Crippen LogP contribution >= 0.6 is 0 Å². The van der Waals surface area contributed by atoms with E-state index in [4.69, 9.17) is 4.74 Å². The van der Waals surface area contributed by atoms with Gasteiger partial charge in [0.25, 0.3) is 5.91 Å². The number of amides is 1. The van der Waals surface area contributed by atoms with Crippen molar-refractivity contribution in [2.24, 2.45) is 11.8 Å². The first-order chi connectivity index (χ1) is 12.2. The van der Waals surface area contributed by atoms with Crippen LogP contribution in [0.15, 0.2) is 23.1 Å². The van der Waals surface area contributed by atoms with Crippen molar-refractivity contribution in [3.63, 3.8) is 0 Å². The number of hydrogen-bond acceptors (Lipinski definition) is 4. The molecule has 1 fully saturated rings. The largest absolute Gasteiger partial charge is 0.495 e. The van der Waals surface area contributed by atoms with Crippen molar-refractivity contribution in [2.45, 2.75) is 63.9 Å². The number of nitrogens with one attached hydrogen (secondary N) is 2. The van der Waals surface area contributed by atoms with Gasteiger partial charge in [0.05, 0.1) is 7.11 Å². The first kappa shape index (κ1) is 20.7. The molecule has 1 aliphatic carbocycles. The molecule has 146 valence electrons. The lowest BCUT2D eigenvalue weighted by Gasteiger charge is -2.34. The first-order valence-corrected chi connectivity index (χ1v) is 10.6. The van der Waals surface area contributed by atoms with E-state index < -0.39 is 10.0 Å². The lowest BCUT2D eigenvalue weighted by atomic mass is 9.78. The Kier molecular flexibility index (Phi) is 6.69. The molecule has 6 nitrogen and oxygen atoms in total. The number of methoxy groups -OCH3 is 1. The van der Waals surface area contributed by atoms with E-state index in [2.05, 4.69) is 23.9 Å². The summed E-state index contributed by atoms with van der Waals surface area (Å²) in [5.74, 6) is 0.932. The quantitative estimate of drug-likeness (QED) is 0.792. The van der Waals surface area contributed by atoms with Gasteiger partial charge in [-0.1, -0.05) is 26.7 Å². The minimum atomic E-state index is -3.77. The third-order valence-electron chi connectivity index (χ3n) is 5.13. The van der Waals surface area contributed by atoms with Crippen LogP contribution in [0.3, 0.4) is 0 Å². The molecule has 0 radical (unpaired) electrons. The second-order valence-corrected chi connectivity index (χ2v) is 9.17. The van der Waals surface area contributed by atoms with Crippen molar-refractivity contribution >= 4 is 15.9 Å². The van der Waals surface area contributed by atoms with Gasteiger partial charge in [-0.3, -0.25) is 4.79 Å². The summed E-state index contributed by atoms with van der Waals surface area (Å²) in [6.45, 7) is 7.85. The molecule has 0 saturated heterocycles. The molecule has 0 aromatic heterocycles. The molecule has 0 aliphatic heterocycles. The van der Waals surface area contributed by atoms with Gasteiger partial charge in [-0.15, -0.1) is 0 Å². The van der Waals surface area contributed by atoms with Crippen LogP contribution in [0.4, 0.5) is 0 Å². The molecule has 0 spiro atoms. The SMILES string of the molecule is COc1ccc(C(=O)N[C@@H]2CCC[C@H](C)[C@@H]2C)cc1S(=O)(=O)NC(C)C. The van der Waals surface area contributed by atoms with Crippen LogP contribution in [0.5, 0.6) is 5.75 Å². The molecule has 0 bridgehead atoms. The molecule has 1 aromatic carbocycles. The van der Waals surface area contributed by atoms with Crippen LogP contribution in [0.2, 0.25) is 0 Å². The Labute approximate surface area is 156 Å². The minimum absolute atomic E-state index is 0.0218. The number of carbonyl (C=O) groups excluding carboxylic acids is 1. The second-order valence-electron chi connectivity index (χ2n) is 7.49. The third kappa shape index (κ3) is 4.76. The van der Waals surface area contributed by atoms with Gasteiger partial charge in [-0.2, -0.15) is 0 Å². The van der Waals surface area contributed by atoms with Gasteiger partial charge < -0.3 is 10.1 Å². The smallest absolute Gasteiger partial charge is 0.251 e. The van der Waals surface area contributed by atoms with E-state index in [9.17, 15) is 13.2 Å². The Bertz CT molecular complexity index is 746. The molecule has 1 saturated carbocycles. The summed E-state index contributed by atoms with van der Waals surface area (Å²) in [6, 6.07) is 4.36. The van der Waals surface area contributed by atoms with Gasteiger partial charge in [-0.25, -0.2) is 13.1 Å². The normalized spacial score (nSPS) is 23.7. The van der Waals surface area contributed by atoms with Gasteiger partial charge in [0, 0.05) is 17.6 Å². The number of sulfonamides is 1. The van der Waals surface area contributed by atoms with E-state index in [1.807, 2.05) is 0 Å². The van der Waals surface area contributed by atoms with Crippen molar-refractivity contribution in [2.75, 3.05) is 7.11 Å². The van der Waals surface area contributed by atoms with Crippen molar-refractivity contribution < 1.29 is 17.9 Å². The molecular formula is C19H30N2O4S. The fourth-order valence-electron chi connectivity index (χ4n) is 3.44. The molecular weight excluding hydrogens is 352 g/mol. The van der Waals surface area contributed by atoms with E-state index in [0.717, 1.165) is 12.8 Å². The van der Waals surface area contributed by atoms with Gasteiger partial charge in [-0.05, 0) is 50.3 Å². The summed E-state index contributed by atoms with van der Waals surface area (Å²) < 4.78 is 32.8. The zero-order valence-corrected chi connectivity index (χ0v) is 17.0. The van der Waals surface area contributed by atoms with Crippen LogP contribution < -0.4 is 14.8 Å². The highest BCUT2D eigenvalue weighted by Crippen LogP contribution is 2.30. The predicted molar refractivity (Wildman–Crippen MR) is 102 cm³/mol. The molecule has 2 N–H and O–H groups in total. The van der Waals surface area contributed by atoms with E-state index in [0.29, 0.717) is 17.4 Å². The Morgan fingerprint density at radius 3 is 2.54 bits per heavy atom. The monoisotopic (exact) mass is 382 g/mol. The highest BCUT2D eigenvalue weighted by molar-refractivity contribution is 7.89. The molecule has 7 heteroatoms. The minimum Gasteiger partial charge on any atom is -0.495 e. The standard InChI is InChI=1S/C19H30N2O4S/c1-12(2)21-26(23,24)18-11-15(9-10-17(18)25-5)19(22)20-16-8-6-7-13(3)14(16)4/h9-14,16,21H,6-8H2,1-5H3,(H,20,22)/t13-,14-,16+/m0/s1. The maximum absolute atomic E-state index is 12.7. The molecule has 1 aromatic rings. The number of benzene rings is 1. The summed E-state index contributed by atoms with van der Waals surface area (Å²) in [6.07, 6.45) is 3.23. The van der Waals surface area contributed by atoms with Crippen LogP contribution in [-0.4, -0.2) is 33.5 Å². The topological polar surface area (TPSA) is 84.5 Å². The molecule has 1 amide bonds. The van der Waals surface area contributed by atoms with Gasteiger partial charge in [0.1, 0.15) is 10.6 Å². The predicted octanol–water partition coefficient (Wildman–Crippen LogP) is 2.94. The molecule has 0 heterocycles. The first-order valence-electron chi connectivity index (χ1n) is 9.17. The van der Waals surface area contributed by atoms with E-state index in [1.165, 1.54) is 25.7 Å². The molecule has 3 atom stereocenters. The fraction of sp³-hybridized carbons (Fsp3) is 0.632. The Balaban J connectivity index is 2.27. The summed E-state index contributed by atoms with van der Waals surface area (Å²) in [4.78, 5) is 12.7. The van der Waals surface area contributed by atoms with E-state index in [1.54, 1.807) is 19.9 Å². The Hall–Kier alpha value is -1.60. The fourth-order valence-corrected chi connectivity index (χ4v) is 4.89. The average Bonchev–Trinajstić information content (AvgIpc) is 2.57. The number of hydrogen-bond donors (Lipinski definition) is 2. The Morgan fingerprint density at radius 2 is 1.92 bits per heavy atom. The van der Waals surface area contributed by atoms with Gasteiger partial charge in [0.2, 0.25) is 10.0 Å². The number of ether oxygens (including phenoxy) is 1. The van der Waals surface area contributed by atoms with E-state index in [-0.39, 0.29) is 28.6 Å². The number of carbonyl (C=O) groups is 1. The maximum Gasteiger partial charge on any atom is 0.251 e. The van der Waals surface area contributed by atoms with Crippen LogP contribution in [-0.2, 0) is 10.0 Å². The molecule has 1 aliphatic rings. The highest BCUT2D eigenvalue weighted by atomic mass is 32.2. The summed E-state index contributed by atoms with van der Waals surface area (Å²) >= 11 is 0. The zero-order valence-electron chi connectivity index (χ0n) is 16.2. The summed E-state index contributed by atoms with van der Waals surface area (Å²) in [5.41, 5.74) is 0.320. The molecule has 0 unspecified atom stereocenters. The lowest BCUT2D eigenvalue weighted by Crippen LogP contribution is -2.43.